The number of rotatable bonds is 2. The lowest BCUT2D eigenvalue weighted by Gasteiger charge is -2.28. The standard InChI is InChI=1S/C13H12BrClN2S2/c1-7-4-11(9-2-3-18-13(9)19-7)17-8-5-10(14)12(15)16-6-8/h2-3,5-7,11,17H,4H2,1H3/t7-,11?/m0/s1. The van der Waals surface area contributed by atoms with Crippen LogP contribution in [0.25, 0.3) is 0 Å². The molecule has 0 fully saturated rings. The fourth-order valence-electron chi connectivity index (χ4n) is 2.19. The fraction of sp³-hybridized carbons (Fsp3) is 0.308. The van der Waals surface area contributed by atoms with Crippen molar-refractivity contribution in [3.63, 3.8) is 0 Å². The van der Waals surface area contributed by atoms with Gasteiger partial charge in [-0.1, -0.05) is 18.5 Å². The van der Waals surface area contributed by atoms with E-state index in [1.165, 1.54) is 9.77 Å². The molecule has 0 aliphatic carbocycles. The number of hydrogen-bond donors (Lipinski definition) is 1. The number of thiophene rings is 1. The minimum absolute atomic E-state index is 0.354. The van der Waals surface area contributed by atoms with Gasteiger partial charge in [0.05, 0.1) is 26.6 Å². The van der Waals surface area contributed by atoms with Crippen molar-refractivity contribution in [3.8, 4) is 0 Å². The zero-order valence-corrected chi connectivity index (χ0v) is 14.2. The van der Waals surface area contributed by atoms with E-state index in [-0.39, 0.29) is 0 Å². The largest absolute Gasteiger partial charge is 0.377 e. The van der Waals surface area contributed by atoms with Gasteiger partial charge in [0.25, 0.3) is 0 Å². The van der Waals surface area contributed by atoms with Crippen molar-refractivity contribution in [2.24, 2.45) is 0 Å². The van der Waals surface area contributed by atoms with Crippen molar-refractivity contribution in [2.45, 2.75) is 28.8 Å². The number of anilines is 1. The third kappa shape index (κ3) is 2.94. The van der Waals surface area contributed by atoms with Gasteiger partial charge in [0.1, 0.15) is 5.15 Å². The van der Waals surface area contributed by atoms with Crippen LogP contribution in [0.4, 0.5) is 5.69 Å². The highest BCUT2D eigenvalue weighted by atomic mass is 79.9. The van der Waals surface area contributed by atoms with Gasteiger partial charge in [0, 0.05) is 5.25 Å². The van der Waals surface area contributed by atoms with Crippen LogP contribution < -0.4 is 5.32 Å². The summed E-state index contributed by atoms with van der Waals surface area (Å²) in [7, 11) is 0. The molecular weight excluding hydrogens is 364 g/mol. The molecule has 1 unspecified atom stereocenters. The molecular formula is C13H12BrClN2S2. The minimum atomic E-state index is 0.354. The van der Waals surface area contributed by atoms with Crippen molar-refractivity contribution in [1.82, 2.24) is 4.98 Å². The lowest BCUT2D eigenvalue weighted by Crippen LogP contribution is -2.19. The summed E-state index contributed by atoms with van der Waals surface area (Å²) in [5, 5.41) is 6.86. The fourth-order valence-corrected chi connectivity index (χ4v) is 5.21. The number of nitrogens with zero attached hydrogens (tertiary/aromatic N) is 1. The summed E-state index contributed by atoms with van der Waals surface area (Å²) >= 11 is 13.1. The molecule has 0 spiro atoms. The molecule has 1 N–H and O–H groups in total. The molecule has 0 aromatic carbocycles. The first-order chi connectivity index (χ1) is 9.13. The predicted octanol–water partition coefficient (Wildman–Crippen LogP) is 5.60. The molecule has 2 aromatic rings. The summed E-state index contributed by atoms with van der Waals surface area (Å²) in [6, 6.07) is 4.55. The number of halogens is 2. The maximum Gasteiger partial charge on any atom is 0.143 e. The summed E-state index contributed by atoms with van der Waals surface area (Å²) in [6.45, 7) is 2.28. The van der Waals surface area contributed by atoms with E-state index < -0.39 is 0 Å². The molecule has 3 heterocycles. The zero-order valence-electron chi connectivity index (χ0n) is 10.2. The summed E-state index contributed by atoms with van der Waals surface area (Å²) in [4.78, 5) is 4.16. The smallest absolute Gasteiger partial charge is 0.143 e. The van der Waals surface area contributed by atoms with Gasteiger partial charge in [0.15, 0.2) is 0 Å². The quantitative estimate of drug-likeness (QED) is 0.692. The molecule has 1 aliphatic rings. The van der Waals surface area contributed by atoms with Gasteiger partial charge in [-0.25, -0.2) is 4.98 Å². The molecule has 1 aliphatic heterocycles. The van der Waals surface area contributed by atoms with E-state index in [9.17, 15) is 0 Å². The normalized spacial score (nSPS) is 22.1. The first-order valence-corrected chi connectivity index (χ1v) is 8.88. The monoisotopic (exact) mass is 374 g/mol. The predicted molar refractivity (Wildman–Crippen MR) is 87.6 cm³/mol. The van der Waals surface area contributed by atoms with E-state index in [1.54, 1.807) is 6.20 Å². The Bertz CT molecular complexity index is 602. The Morgan fingerprint density at radius 1 is 1.53 bits per heavy atom. The first-order valence-electron chi connectivity index (χ1n) is 5.95. The molecule has 19 heavy (non-hydrogen) atoms. The van der Waals surface area contributed by atoms with E-state index in [4.69, 9.17) is 11.6 Å². The number of thioether (sulfide) groups is 1. The van der Waals surface area contributed by atoms with Crippen LogP contribution in [0, 0.1) is 0 Å². The van der Waals surface area contributed by atoms with Gasteiger partial charge >= 0.3 is 0 Å². The molecule has 2 nitrogen and oxygen atoms in total. The molecule has 0 amide bonds. The van der Waals surface area contributed by atoms with E-state index >= 15 is 0 Å². The molecule has 6 heteroatoms. The number of pyridine rings is 1. The van der Waals surface area contributed by atoms with Crippen molar-refractivity contribution < 1.29 is 0 Å². The van der Waals surface area contributed by atoms with Crippen LogP contribution in [0.1, 0.15) is 24.9 Å². The molecule has 0 saturated heterocycles. The van der Waals surface area contributed by atoms with Crippen LogP contribution in [-0.4, -0.2) is 10.2 Å². The highest BCUT2D eigenvalue weighted by Crippen LogP contribution is 2.45. The number of aromatic nitrogens is 1. The van der Waals surface area contributed by atoms with Crippen molar-refractivity contribution in [2.75, 3.05) is 5.32 Å². The number of fused-ring (bicyclic) bond motifs is 1. The molecule has 3 rings (SSSR count). The first kappa shape index (κ1) is 13.7. The zero-order chi connectivity index (χ0) is 13.4. The van der Waals surface area contributed by atoms with Crippen LogP contribution in [-0.2, 0) is 0 Å². The van der Waals surface area contributed by atoms with Gasteiger partial charge in [0.2, 0.25) is 0 Å². The summed E-state index contributed by atoms with van der Waals surface area (Å²) in [6.07, 6.45) is 2.90. The van der Waals surface area contributed by atoms with Gasteiger partial charge in [-0.15, -0.1) is 23.1 Å². The maximum absolute atomic E-state index is 5.92. The maximum atomic E-state index is 5.92. The molecule has 2 atom stereocenters. The number of hydrogen-bond acceptors (Lipinski definition) is 4. The van der Waals surface area contributed by atoms with Gasteiger partial charge in [-0.3, -0.25) is 0 Å². The highest BCUT2D eigenvalue weighted by Gasteiger charge is 2.26. The SMILES string of the molecule is C[C@H]1CC(Nc2cnc(Cl)c(Br)c2)c2ccsc2S1. The molecule has 2 aromatic heterocycles. The lowest BCUT2D eigenvalue weighted by atomic mass is 10.0. The van der Waals surface area contributed by atoms with E-state index in [1.807, 2.05) is 29.2 Å². The summed E-state index contributed by atoms with van der Waals surface area (Å²) < 4.78 is 2.25. The third-order valence-corrected chi connectivity index (χ3v) is 6.52. The van der Waals surface area contributed by atoms with E-state index in [0.717, 1.165) is 16.6 Å². The second kappa shape index (κ2) is 5.64. The minimum Gasteiger partial charge on any atom is -0.377 e. The highest BCUT2D eigenvalue weighted by molar-refractivity contribution is 9.10. The summed E-state index contributed by atoms with van der Waals surface area (Å²) in [5.41, 5.74) is 2.40. The van der Waals surface area contributed by atoms with Crippen molar-refractivity contribution in [3.05, 3.63) is 38.9 Å². The van der Waals surface area contributed by atoms with E-state index in [2.05, 4.69) is 44.6 Å². The second-order valence-corrected chi connectivity index (χ2v) is 8.36. The van der Waals surface area contributed by atoms with Gasteiger partial charge < -0.3 is 5.32 Å². The summed E-state index contributed by atoms with van der Waals surface area (Å²) in [5.74, 6) is 0. The Kier molecular flexibility index (Phi) is 4.08. The Labute approximate surface area is 134 Å². The van der Waals surface area contributed by atoms with Crippen LogP contribution in [0.3, 0.4) is 0 Å². The average Bonchev–Trinajstić information content (AvgIpc) is 2.82. The topological polar surface area (TPSA) is 24.9 Å². The van der Waals surface area contributed by atoms with E-state index in [0.29, 0.717) is 16.4 Å². The second-order valence-electron chi connectivity index (χ2n) is 4.52. The Morgan fingerprint density at radius 3 is 3.16 bits per heavy atom. The Balaban J connectivity index is 1.86. The lowest BCUT2D eigenvalue weighted by molar-refractivity contribution is 0.669. The molecule has 100 valence electrons. The van der Waals surface area contributed by atoms with Crippen LogP contribution in [0.2, 0.25) is 5.15 Å². The molecule has 0 bridgehead atoms. The van der Waals surface area contributed by atoms with Gasteiger partial charge in [-0.05, 0) is 45.4 Å². The average molecular weight is 376 g/mol. The Morgan fingerprint density at radius 2 is 2.37 bits per heavy atom. The van der Waals surface area contributed by atoms with Crippen LogP contribution >= 0.6 is 50.6 Å². The van der Waals surface area contributed by atoms with Crippen molar-refractivity contribution >= 4 is 56.3 Å². The third-order valence-electron chi connectivity index (χ3n) is 3.05. The van der Waals surface area contributed by atoms with Crippen LogP contribution in [0.5, 0.6) is 0 Å². The molecule has 0 radical (unpaired) electrons. The Hall–Kier alpha value is -0.230. The number of nitrogens with one attached hydrogen (secondary N) is 1. The molecule has 0 saturated carbocycles. The van der Waals surface area contributed by atoms with Crippen molar-refractivity contribution in [1.29, 1.82) is 0 Å². The van der Waals surface area contributed by atoms with Crippen LogP contribution in [0.15, 0.2) is 32.4 Å². The van der Waals surface area contributed by atoms with Gasteiger partial charge in [-0.2, -0.15) is 0 Å².